The summed E-state index contributed by atoms with van der Waals surface area (Å²) in [7, 11) is 0. The summed E-state index contributed by atoms with van der Waals surface area (Å²) in [4.78, 5) is 11.0. The molecule has 0 amide bonds. The largest absolute Gasteiger partial charge is 0.391 e. The Morgan fingerprint density at radius 2 is 2.13 bits per heavy atom. The van der Waals surface area contributed by atoms with Crippen molar-refractivity contribution in [2.24, 2.45) is 0 Å². The SMILES string of the molecule is CC#N.Cc1cc(F)ccc1C(=O)OI. The monoisotopic (exact) mass is 321 g/mol. The van der Waals surface area contributed by atoms with E-state index >= 15 is 0 Å². The van der Waals surface area contributed by atoms with E-state index in [0.29, 0.717) is 11.1 Å². The molecule has 80 valence electrons. The highest BCUT2D eigenvalue weighted by atomic mass is 127. The van der Waals surface area contributed by atoms with Gasteiger partial charge in [0.2, 0.25) is 0 Å². The Morgan fingerprint density at radius 3 is 2.53 bits per heavy atom. The molecule has 0 fully saturated rings. The molecule has 0 unspecified atom stereocenters. The number of hydrogen-bond donors (Lipinski definition) is 0. The van der Waals surface area contributed by atoms with Crippen LogP contribution < -0.4 is 0 Å². The summed E-state index contributed by atoms with van der Waals surface area (Å²) in [5.41, 5.74) is 0.975. The van der Waals surface area contributed by atoms with Gasteiger partial charge >= 0.3 is 5.97 Å². The third-order valence-corrected chi connectivity index (χ3v) is 1.88. The quantitative estimate of drug-likeness (QED) is 0.747. The fraction of sp³-hybridized carbons (Fsp3) is 0.200. The van der Waals surface area contributed by atoms with Gasteiger partial charge in [-0.3, -0.25) is 0 Å². The van der Waals surface area contributed by atoms with Gasteiger partial charge < -0.3 is 3.07 Å². The molecule has 1 aromatic rings. The zero-order chi connectivity index (χ0) is 11.8. The van der Waals surface area contributed by atoms with E-state index in [1.165, 1.54) is 48.1 Å². The van der Waals surface area contributed by atoms with E-state index in [2.05, 4.69) is 3.07 Å². The average molecular weight is 321 g/mol. The molecule has 0 spiro atoms. The maximum Gasteiger partial charge on any atom is 0.347 e. The second-order valence-electron chi connectivity index (χ2n) is 2.55. The van der Waals surface area contributed by atoms with Gasteiger partial charge in [0, 0.05) is 6.92 Å². The first-order valence-electron chi connectivity index (χ1n) is 3.96. The number of carbonyl (C=O) groups excluding carboxylic acids is 1. The summed E-state index contributed by atoms with van der Waals surface area (Å²) in [5.74, 6) is -0.800. The summed E-state index contributed by atoms with van der Waals surface area (Å²) in [6.07, 6.45) is 0. The molecule has 0 atom stereocenters. The fourth-order valence-corrected chi connectivity index (χ4v) is 1.13. The van der Waals surface area contributed by atoms with Crippen molar-refractivity contribution in [3.05, 3.63) is 35.1 Å². The number of nitrogens with zero attached hydrogens (tertiary/aromatic N) is 1. The zero-order valence-corrected chi connectivity index (χ0v) is 10.4. The predicted octanol–water partition coefficient (Wildman–Crippen LogP) is 3.17. The fourth-order valence-electron chi connectivity index (χ4n) is 0.898. The molecule has 0 bridgehead atoms. The van der Waals surface area contributed by atoms with Crippen molar-refractivity contribution in [2.45, 2.75) is 13.8 Å². The minimum absolute atomic E-state index is 0.350. The van der Waals surface area contributed by atoms with E-state index in [9.17, 15) is 9.18 Å². The number of rotatable bonds is 1. The van der Waals surface area contributed by atoms with Crippen LogP contribution in [0.3, 0.4) is 0 Å². The Kier molecular flexibility index (Phi) is 6.62. The Morgan fingerprint density at radius 1 is 1.60 bits per heavy atom. The number of nitriles is 1. The summed E-state index contributed by atoms with van der Waals surface area (Å²) in [6.45, 7) is 3.09. The maximum atomic E-state index is 12.6. The molecule has 5 heteroatoms. The summed E-state index contributed by atoms with van der Waals surface area (Å²) in [5, 5.41) is 7.32. The van der Waals surface area contributed by atoms with Crippen molar-refractivity contribution < 1.29 is 12.3 Å². The lowest BCUT2D eigenvalue weighted by Gasteiger charge is -2.00. The molecular weight excluding hydrogens is 312 g/mol. The van der Waals surface area contributed by atoms with Crippen molar-refractivity contribution in [2.75, 3.05) is 0 Å². The molecule has 15 heavy (non-hydrogen) atoms. The van der Waals surface area contributed by atoms with Crippen LogP contribution in [0.25, 0.3) is 0 Å². The lowest BCUT2D eigenvalue weighted by molar-refractivity contribution is 0.0799. The second kappa shape index (κ2) is 7.17. The van der Waals surface area contributed by atoms with Crippen LogP contribution in [0.4, 0.5) is 4.39 Å². The molecule has 0 aliphatic carbocycles. The van der Waals surface area contributed by atoms with Crippen LogP contribution >= 0.6 is 23.0 Å². The van der Waals surface area contributed by atoms with E-state index < -0.39 is 5.97 Å². The van der Waals surface area contributed by atoms with Crippen LogP contribution in [0.15, 0.2) is 18.2 Å². The Balaban J connectivity index is 0.000000583. The molecule has 0 saturated heterocycles. The first-order valence-corrected chi connectivity index (χ1v) is 4.84. The molecule has 0 N–H and O–H groups in total. The third kappa shape index (κ3) is 4.74. The first kappa shape index (κ1) is 13.8. The van der Waals surface area contributed by atoms with E-state index in [-0.39, 0.29) is 5.82 Å². The Hall–Kier alpha value is -1.16. The molecule has 0 saturated carbocycles. The minimum atomic E-state index is -0.451. The Bertz CT molecular complexity index is 387. The van der Waals surface area contributed by atoms with Crippen LogP contribution in [0.5, 0.6) is 0 Å². The minimum Gasteiger partial charge on any atom is -0.391 e. The highest BCUT2D eigenvalue weighted by Crippen LogP contribution is 2.12. The van der Waals surface area contributed by atoms with Gasteiger partial charge in [0.15, 0.2) is 23.0 Å². The molecular formula is C10H9FINO2. The van der Waals surface area contributed by atoms with E-state index in [4.69, 9.17) is 5.26 Å². The standard InChI is InChI=1S/C8H6FIO2.C2H3N/c1-5-4-6(9)2-3-7(5)8(11)12-10;1-2-3/h2-4H,1H3;1H3. The number of halogens is 2. The van der Waals surface area contributed by atoms with Crippen LogP contribution in [-0.4, -0.2) is 5.97 Å². The number of hydrogen-bond acceptors (Lipinski definition) is 3. The van der Waals surface area contributed by atoms with Crippen molar-refractivity contribution in [1.82, 2.24) is 0 Å². The third-order valence-electron chi connectivity index (χ3n) is 1.48. The van der Waals surface area contributed by atoms with Crippen LogP contribution in [0, 0.1) is 24.1 Å². The van der Waals surface area contributed by atoms with Gasteiger partial charge in [0.25, 0.3) is 0 Å². The average Bonchev–Trinajstić information content (AvgIpc) is 2.18. The molecule has 0 aromatic heterocycles. The summed E-state index contributed by atoms with van der Waals surface area (Å²) >= 11 is 1.50. The highest BCUT2D eigenvalue weighted by Gasteiger charge is 2.09. The normalized spacial score (nSPS) is 8.20. The first-order chi connectivity index (χ1) is 7.06. The molecule has 1 aromatic carbocycles. The zero-order valence-electron chi connectivity index (χ0n) is 8.25. The number of carbonyl (C=O) groups is 1. The van der Waals surface area contributed by atoms with Crippen molar-refractivity contribution >= 4 is 29.0 Å². The lowest BCUT2D eigenvalue weighted by atomic mass is 10.1. The van der Waals surface area contributed by atoms with Crippen molar-refractivity contribution in [1.29, 1.82) is 5.26 Å². The van der Waals surface area contributed by atoms with Gasteiger partial charge in [-0.1, -0.05) is 0 Å². The van der Waals surface area contributed by atoms with Crippen molar-refractivity contribution in [3.63, 3.8) is 0 Å². The van der Waals surface area contributed by atoms with E-state index in [1.807, 2.05) is 0 Å². The topological polar surface area (TPSA) is 50.1 Å². The predicted molar refractivity (Wildman–Crippen MR) is 61.9 cm³/mol. The smallest absolute Gasteiger partial charge is 0.347 e. The molecule has 0 radical (unpaired) electrons. The molecule has 0 heterocycles. The summed E-state index contributed by atoms with van der Waals surface area (Å²) < 4.78 is 17.0. The van der Waals surface area contributed by atoms with E-state index in [1.54, 1.807) is 13.0 Å². The van der Waals surface area contributed by atoms with Crippen LogP contribution in [-0.2, 0) is 3.07 Å². The van der Waals surface area contributed by atoms with Gasteiger partial charge in [0.1, 0.15) is 5.82 Å². The summed E-state index contributed by atoms with van der Waals surface area (Å²) in [6, 6.07) is 5.68. The van der Waals surface area contributed by atoms with Crippen LogP contribution in [0.1, 0.15) is 22.8 Å². The molecule has 1 rings (SSSR count). The van der Waals surface area contributed by atoms with Gasteiger partial charge in [0.05, 0.1) is 11.6 Å². The second-order valence-corrected chi connectivity index (χ2v) is 2.99. The molecule has 3 nitrogen and oxygen atoms in total. The van der Waals surface area contributed by atoms with Crippen molar-refractivity contribution in [3.8, 4) is 6.07 Å². The van der Waals surface area contributed by atoms with E-state index in [0.717, 1.165) is 0 Å². The maximum absolute atomic E-state index is 12.6. The van der Waals surface area contributed by atoms with Gasteiger partial charge in [-0.2, -0.15) is 5.26 Å². The number of benzene rings is 1. The Labute approximate surface area is 102 Å². The van der Waals surface area contributed by atoms with Gasteiger partial charge in [-0.05, 0) is 30.7 Å². The highest BCUT2D eigenvalue weighted by molar-refractivity contribution is 14.1. The van der Waals surface area contributed by atoms with Gasteiger partial charge in [-0.25, -0.2) is 9.18 Å². The lowest BCUT2D eigenvalue weighted by Crippen LogP contribution is -2.00. The molecule has 0 aliphatic heterocycles. The molecule has 0 aliphatic rings. The van der Waals surface area contributed by atoms with Gasteiger partial charge in [-0.15, -0.1) is 0 Å². The number of aryl methyl sites for hydroxylation is 1. The van der Waals surface area contributed by atoms with Crippen LogP contribution in [0.2, 0.25) is 0 Å².